The van der Waals surface area contributed by atoms with Crippen LogP contribution in [0.2, 0.25) is 0 Å². The Morgan fingerprint density at radius 2 is 2.05 bits per heavy atom. The third-order valence-electron chi connectivity index (χ3n) is 3.34. The number of carbonyl (C=O) groups excluding carboxylic acids is 1. The largest absolute Gasteiger partial charge is 0.481 e. The van der Waals surface area contributed by atoms with Gasteiger partial charge in [0.15, 0.2) is 0 Å². The van der Waals surface area contributed by atoms with Crippen molar-refractivity contribution in [1.82, 2.24) is 0 Å². The number of amides is 1. The number of carboxylic acids is 1. The fourth-order valence-electron chi connectivity index (χ4n) is 1.99. The van der Waals surface area contributed by atoms with Gasteiger partial charge in [-0.15, -0.1) is 11.3 Å². The summed E-state index contributed by atoms with van der Waals surface area (Å²) in [5.41, 5.74) is 3.27. The molecule has 0 aliphatic carbocycles. The molecule has 0 saturated carbocycles. The van der Waals surface area contributed by atoms with E-state index in [2.05, 4.69) is 5.32 Å². The van der Waals surface area contributed by atoms with Crippen LogP contribution in [-0.2, 0) is 11.2 Å². The summed E-state index contributed by atoms with van der Waals surface area (Å²) in [5.74, 6) is -0.957. The molecule has 0 aliphatic heterocycles. The topological polar surface area (TPSA) is 66.4 Å². The maximum Gasteiger partial charge on any atom is 0.303 e. The molecule has 1 amide bonds. The highest BCUT2D eigenvalue weighted by atomic mass is 32.1. The molecule has 21 heavy (non-hydrogen) atoms. The summed E-state index contributed by atoms with van der Waals surface area (Å²) in [6, 6.07) is 7.29. The predicted octanol–water partition coefficient (Wildman–Crippen LogP) is 3.63. The van der Waals surface area contributed by atoms with Gasteiger partial charge in [0.25, 0.3) is 5.91 Å². The van der Waals surface area contributed by atoms with E-state index in [-0.39, 0.29) is 12.3 Å². The second-order valence-corrected chi connectivity index (χ2v) is 5.96. The lowest BCUT2D eigenvalue weighted by Gasteiger charge is -2.07. The minimum absolute atomic E-state index is 0.0836. The Morgan fingerprint density at radius 1 is 1.29 bits per heavy atom. The molecule has 0 unspecified atom stereocenters. The molecule has 5 heteroatoms. The molecule has 2 rings (SSSR count). The van der Waals surface area contributed by atoms with Gasteiger partial charge in [-0.1, -0.05) is 12.1 Å². The molecule has 0 atom stereocenters. The van der Waals surface area contributed by atoms with Gasteiger partial charge in [-0.05, 0) is 43.5 Å². The molecule has 1 aromatic heterocycles. The predicted molar refractivity (Wildman–Crippen MR) is 84.1 cm³/mol. The van der Waals surface area contributed by atoms with Gasteiger partial charge in [-0.3, -0.25) is 9.59 Å². The van der Waals surface area contributed by atoms with Crippen molar-refractivity contribution in [3.05, 3.63) is 51.2 Å². The minimum atomic E-state index is -0.825. The first-order chi connectivity index (χ1) is 9.97. The Hall–Kier alpha value is -2.14. The van der Waals surface area contributed by atoms with Crippen molar-refractivity contribution < 1.29 is 14.7 Å². The zero-order chi connectivity index (χ0) is 15.4. The van der Waals surface area contributed by atoms with Crippen LogP contribution >= 0.6 is 11.3 Å². The maximum absolute atomic E-state index is 12.2. The standard InChI is InChI=1S/C16H17NO3S/c1-10-11(2)21-9-14(10)16(20)17-13-5-3-4-12(8-13)6-7-15(18)19/h3-5,8-9H,6-7H2,1-2H3,(H,17,20)(H,18,19). The van der Waals surface area contributed by atoms with Crippen LogP contribution in [0.3, 0.4) is 0 Å². The van der Waals surface area contributed by atoms with Gasteiger partial charge in [0.2, 0.25) is 0 Å². The average molecular weight is 303 g/mol. The van der Waals surface area contributed by atoms with E-state index in [4.69, 9.17) is 5.11 Å². The van der Waals surface area contributed by atoms with Gasteiger partial charge in [-0.25, -0.2) is 0 Å². The van der Waals surface area contributed by atoms with Crippen LogP contribution < -0.4 is 5.32 Å². The fraction of sp³-hybridized carbons (Fsp3) is 0.250. The second kappa shape index (κ2) is 6.54. The number of nitrogens with one attached hydrogen (secondary N) is 1. The molecule has 0 spiro atoms. The van der Waals surface area contributed by atoms with Crippen LogP contribution in [-0.4, -0.2) is 17.0 Å². The Kier molecular flexibility index (Phi) is 4.75. The van der Waals surface area contributed by atoms with Gasteiger partial charge in [0.05, 0.1) is 5.56 Å². The number of thiophene rings is 1. The molecular weight excluding hydrogens is 286 g/mol. The summed E-state index contributed by atoms with van der Waals surface area (Å²) < 4.78 is 0. The number of hydrogen-bond donors (Lipinski definition) is 2. The molecule has 0 aliphatic rings. The first kappa shape index (κ1) is 15.3. The van der Waals surface area contributed by atoms with Crippen LogP contribution in [0.1, 0.15) is 32.8 Å². The average Bonchev–Trinajstić information content (AvgIpc) is 2.77. The normalized spacial score (nSPS) is 10.4. The lowest BCUT2D eigenvalue weighted by molar-refractivity contribution is -0.136. The highest BCUT2D eigenvalue weighted by Crippen LogP contribution is 2.22. The van der Waals surface area contributed by atoms with Crippen molar-refractivity contribution in [2.45, 2.75) is 26.7 Å². The molecule has 0 saturated heterocycles. The van der Waals surface area contributed by atoms with Crippen molar-refractivity contribution >= 4 is 28.9 Å². The van der Waals surface area contributed by atoms with E-state index in [9.17, 15) is 9.59 Å². The smallest absolute Gasteiger partial charge is 0.303 e. The van der Waals surface area contributed by atoms with Gasteiger partial charge >= 0.3 is 5.97 Å². The summed E-state index contributed by atoms with van der Waals surface area (Å²) in [4.78, 5) is 24.0. The molecule has 0 bridgehead atoms. The van der Waals surface area contributed by atoms with Gasteiger partial charge in [0, 0.05) is 22.4 Å². The molecule has 0 fully saturated rings. The quantitative estimate of drug-likeness (QED) is 0.886. The van der Waals surface area contributed by atoms with Gasteiger partial charge < -0.3 is 10.4 Å². The summed E-state index contributed by atoms with van der Waals surface area (Å²) in [6.45, 7) is 3.92. The van der Waals surface area contributed by atoms with E-state index >= 15 is 0 Å². The highest BCUT2D eigenvalue weighted by Gasteiger charge is 2.12. The number of aryl methyl sites for hydroxylation is 2. The fourth-order valence-corrected chi connectivity index (χ4v) is 2.86. The number of carboxylic acid groups (broad SMARTS) is 1. The Balaban J connectivity index is 2.09. The number of benzene rings is 1. The van der Waals surface area contributed by atoms with Crippen LogP contribution in [0.15, 0.2) is 29.6 Å². The molecule has 2 N–H and O–H groups in total. The van der Waals surface area contributed by atoms with Gasteiger partial charge in [0.1, 0.15) is 0 Å². The summed E-state index contributed by atoms with van der Waals surface area (Å²) in [5, 5.41) is 13.4. The van der Waals surface area contributed by atoms with E-state index in [0.717, 1.165) is 16.0 Å². The molecule has 1 heterocycles. The lowest BCUT2D eigenvalue weighted by Crippen LogP contribution is -2.12. The number of anilines is 1. The molecule has 110 valence electrons. The number of hydrogen-bond acceptors (Lipinski definition) is 3. The summed E-state index contributed by atoms with van der Waals surface area (Å²) >= 11 is 1.56. The third-order valence-corrected chi connectivity index (χ3v) is 4.36. The zero-order valence-corrected chi connectivity index (χ0v) is 12.8. The highest BCUT2D eigenvalue weighted by molar-refractivity contribution is 7.10. The molecule has 4 nitrogen and oxygen atoms in total. The first-order valence-corrected chi connectivity index (χ1v) is 7.52. The van der Waals surface area contributed by atoms with Crippen molar-refractivity contribution in [2.24, 2.45) is 0 Å². The van der Waals surface area contributed by atoms with E-state index in [1.165, 1.54) is 0 Å². The SMILES string of the molecule is Cc1scc(C(=O)Nc2cccc(CCC(=O)O)c2)c1C. The molecular formula is C16H17NO3S. The van der Waals surface area contributed by atoms with Crippen molar-refractivity contribution in [3.8, 4) is 0 Å². The number of carbonyl (C=O) groups is 2. The Bertz CT molecular complexity index is 676. The molecule has 2 aromatic rings. The number of aliphatic carboxylic acids is 1. The van der Waals surface area contributed by atoms with E-state index in [1.54, 1.807) is 17.4 Å². The van der Waals surface area contributed by atoms with Crippen LogP contribution in [0.5, 0.6) is 0 Å². The Morgan fingerprint density at radius 3 is 2.67 bits per heavy atom. The van der Waals surface area contributed by atoms with E-state index < -0.39 is 5.97 Å². The number of rotatable bonds is 5. The minimum Gasteiger partial charge on any atom is -0.481 e. The monoisotopic (exact) mass is 303 g/mol. The molecule has 0 radical (unpaired) electrons. The third kappa shape index (κ3) is 3.92. The van der Waals surface area contributed by atoms with Crippen LogP contribution in [0.4, 0.5) is 5.69 Å². The van der Waals surface area contributed by atoms with E-state index in [0.29, 0.717) is 17.7 Å². The van der Waals surface area contributed by atoms with Crippen molar-refractivity contribution in [2.75, 3.05) is 5.32 Å². The first-order valence-electron chi connectivity index (χ1n) is 6.64. The van der Waals surface area contributed by atoms with Gasteiger partial charge in [-0.2, -0.15) is 0 Å². The van der Waals surface area contributed by atoms with Crippen molar-refractivity contribution in [1.29, 1.82) is 0 Å². The van der Waals surface area contributed by atoms with Crippen molar-refractivity contribution in [3.63, 3.8) is 0 Å². The van der Waals surface area contributed by atoms with E-state index in [1.807, 2.05) is 37.4 Å². The Labute approximate surface area is 127 Å². The lowest BCUT2D eigenvalue weighted by atomic mass is 10.1. The second-order valence-electron chi connectivity index (χ2n) is 4.88. The molecule has 1 aromatic carbocycles. The zero-order valence-electron chi connectivity index (χ0n) is 12.0. The summed E-state index contributed by atoms with van der Waals surface area (Å²) in [6.07, 6.45) is 0.538. The van der Waals surface area contributed by atoms with Crippen LogP contribution in [0.25, 0.3) is 0 Å². The maximum atomic E-state index is 12.2. The summed E-state index contributed by atoms with van der Waals surface area (Å²) in [7, 11) is 0. The van der Waals surface area contributed by atoms with Crippen LogP contribution in [0, 0.1) is 13.8 Å².